The van der Waals surface area contributed by atoms with Crippen molar-refractivity contribution in [1.82, 2.24) is 10.3 Å². The second-order valence-corrected chi connectivity index (χ2v) is 8.91. The van der Waals surface area contributed by atoms with E-state index in [4.69, 9.17) is 23.7 Å². The maximum absolute atomic E-state index is 12.8. The predicted molar refractivity (Wildman–Crippen MR) is 101 cm³/mol. The number of ether oxygens (including phenoxy) is 5. The smallest absolute Gasteiger partial charge is 0.252 e. The van der Waals surface area contributed by atoms with Crippen LogP contribution in [0.5, 0.6) is 0 Å². The fraction of sp³-hybridized carbons (Fsp3) is 0.722. The van der Waals surface area contributed by atoms with Crippen LogP contribution < -0.4 is 10.6 Å². The highest BCUT2D eigenvalue weighted by Crippen LogP contribution is 2.44. The number of nitrogens with zero attached hydrogens (tertiary/aromatic N) is 1. The Morgan fingerprint density at radius 2 is 1.76 bits per heavy atom. The fourth-order valence-corrected chi connectivity index (χ4v) is 4.24. The Bertz CT molecular complexity index is 770. The molecular formula is C18H25N3O7S. The zero-order valence-corrected chi connectivity index (χ0v) is 17.5. The molecule has 0 aliphatic carbocycles. The van der Waals surface area contributed by atoms with Crippen LogP contribution in [0.1, 0.15) is 34.1 Å². The summed E-state index contributed by atoms with van der Waals surface area (Å²) in [5, 5.41) is 7.68. The van der Waals surface area contributed by atoms with Crippen LogP contribution in [0.2, 0.25) is 0 Å². The molecule has 0 unspecified atom stereocenters. The molecule has 11 heteroatoms. The Labute approximate surface area is 172 Å². The summed E-state index contributed by atoms with van der Waals surface area (Å²) >= 11 is 1.33. The van der Waals surface area contributed by atoms with Gasteiger partial charge in [-0.1, -0.05) is 0 Å². The lowest BCUT2D eigenvalue weighted by molar-refractivity contribution is -0.231. The molecule has 0 bridgehead atoms. The predicted octanol–water partition coefficient (Wildman–Crippen LogP) is 0.984. The maximum Gasteiger partial charge on any atom is 0.252 e. The van der Waals surface area contributed by atoms with Gasteiger partial charge in [-0.3, -0.25) is 9.59 Å². The van der Waals surface area contributed by atoms with Crippen LogP contribution in [0, 0.1) is 0 Å². The molecule has 160 valence electrons. The molecule has 3 saturated heterocycles. The Kier molecular flexibility index (Phi) is 5.38. The highest BCUT2D eigenvalue weighted by molar-refractivity contribution is 7.13. The van der Waals surface area contributed by atoms with Gasteiger partial charge in [0.1, 0.15) is 18.3 Å². The Morgan fingerprint density at radius 3 is 2.48 bits per heavy atom. The van der Waals surface area contributed by atoms with Crippen LogP contribution in [0.25, 0.3) is 0 Å². The first kappa shape index (κ1) is 20.6. The number of anilines is 1. The molecule has 5 atom stereocenters. The average Bonchev–Trinajstić information content (AvgIpc) is 3.29. The summed E-state index contributed by atoms with van der Waals surface area (Å²) in [6.45, 7) is 7.26. The Morgan fingerprint density at radius 1 is 1.07 bits per heavy atom. The van der Waals surface area contributed by atoms with Gasteiger partial charge in [0.05, 0.1) is 0 Å². The number of amides is 2. The van der Waals surface area contributed by atoms with Crippen LogP contribution in [0.3, 0.4) is 0 Å². The highest BCUT2D eigenvalue weighted by atomic mass is 32.1. The lowest BCUT2D eigenvalue weighted by Gasteiger charge is -2.36. The van der Waals surface area contributed by atoms with E-state index in [2.05, 4.69) is 15.6 Å². The number of hydrogen-bond donors (Lipinski definition) is 2. The highest BCUT2D eigenvalue weighted by Gasteiger charge is 2.62. The number of hydrogen-bond acceptors (Lipinski definition) is 9. The SMILES string of the molecule is CC1(C)O[C@H]2[C@@H](O1)[C@H](C(=O)NCCC(=O)Nc1nccs1)O[C@@H]1OC(C)(C)O[C@@H]12. The van der Waals surface area contributed by atoms with Crippen molar-refractivity contribution in [3.8, 4) is 0 Å². The minimum atomic E-state index is -0.942. The van der Waals surface area contributed by atoms with Gasteiger partial charge in [0.25, 0.3) is 5.91 Å². The second-order valence-electron chi connectivity index (χ2n) is 8.02. The number of carbonyl (C=O) groups excluding carboxylic acids is 2. The van der Waals surface area contributed by atoms with Gasteiger partial charge in [0, 0.05) is 24.5 Å². The van der Waals surface area contributed by atoms with E-state index in [9.17, 15) is 9.59 Å². The van der Waals surface area contributed by atoms with E-state index in [1.807, 2.05) is 0 Å². The summed E-state index contributed by atoms with van der Waals surface area (Å²) in [4.78, 5) is 28.7. The molecule has 1 aromatic rings. The molecule has 0 aromatic carbocycles. The summed E-state index contributed by atoms with van der Waals surface area (Å²) in [6, 6.07) is 0. The third kappa shape index (κ3) is 4.44. The van der Waals surface area contributed by atoms with E-state index in [1.165, 1.54) is 11.3 Å². The third-order valence-corrected chi connectivity index (χ3v) is 5.43. The summed E-state index contributed by atoms with van der Waals surface area (Å²) in [5.74, 6) is -2.36. The molecule has 3 fully saturated rings. The van der Waals surface area contributed by atoms with E-state index in [-0.39, 0.29) is 18.9 Å². The molecule has 4 heterocycles. The zero-order valence-electron chi connectivity index (χ0n) is 16.7. The van der Waals surface area contributed by atoms with Gasteiger partial charge in [0.15, 0.2) is 29.1 Å². The first-order chi connectivity index (χ1) is 13.6. The lowest BCUT2D eigenvalue weighted by Crippen LogP contribution is -2.59. The minimum Gasteiger partial charge on any atom is -0.353 e. The number of carbonyl (C=O) groups is 2. The number of thiazole rings is 1. The number of nitrogens with one attached hydrogen (secondary N) is 2. The molecule has 0 radical (unpaired) electrons. The van der Waals surface area contributed by atoms with Crippen molar-refractivity contribution in [2.75, 3.05) is 11.9 Å². The van der Waals surface area contributed by atoms with Gasteiger partial charge in [-0.05, 0) is 27.7 Å². The number of rotatable bonds is 5. The molecular weight excluding hydrogens is 402 g/mol. The molecule has 1 aromatic heterocycles. The van der Waals surface area contributed by atoms with Crippen LogP contribution in [0.4, 0.5) is 5.13 Å². The summed E-state index contributed by atoms with van der Waals surface area (Å²) in [6.07, 6.45) is -1.62. The van der Waals surface area contributed by atoms with Gasteiger partial charge < -0.3 is 34.3 Å². The zero-order chi connectivity index (χ0) is 20.8. The molecule has 2 amide bonds. The van der Waals surface area contributed by atoms with Crippen molar-refractivity contribution < 1.29 is 33.3 Å². The van der Waals surface area contributed by atoms with E-state index in [1.54, 1.807) is 39.3 Å². The Balaban J connectivity index is 1.36. The molecule has 3 aliphatic rings. The van der Waals surface area contributed by atoms with Crippen LogP contribution in [0.15, 0.2) is 11.6 Å². The minimum absolute atomic E-state index is 0.105. The monoisotopic (exact) mass is 427 g/mol. The number of aromatic nitrogens is 1. The fourth-order valence-electron chi connectivity index (χ4n) is 3.69. The van der Waals surface area contributed by atoms with Crippen LogP contribution >= 0.6 is 11.3 Å². The van der Waals surface area contributed by atoms with E-state index >= 15 is 0 Å². The molecule has 0 saturated carbocycles. The molecule has 3 aliphatic heterocycles. The molecule has 2 N–H and O–H groups in total. The standard InChI is InChI=1S/C18H25N3O7S/c1-17(2)25-10-11(26-17)13-15(28-18(3,4)27-13)24-12(10)14(23)19-6-5-9(22)21-16-20-7-8-29-16/h7-8,10-13,15H,5-6H2,1-4H3,(H,19,23)(H,20,21,22)/t10-,11+,12-,13-,15-/m1/s1. The normalized spacial score (nSPS) is 34.3. The molecule has 10 nitrogen and oxygen atoms in total. The van der Waals surface area contributed by atoms with E-state index in [0.717, 1.165) is 0 Å². The first-order valence-corrected chi connectivity index (χ1v) is 10.4. The van der Waals surface area contributed by atoms with E-state index in [0.29, 0.717) is 5.13 Å². The number of fused-ring (bicyclic) bond motifs is 3. The lowest BCUT2D eigenvalue weighted by atomic mass is 9.98. The topological polar surface area (TPSA) is 117 Å². The molecule has 29 heavy (non-hydrogen) atoms. The van der Waals surface area contributed by atoms with Crippen molar-refractivity contribution in [3.05, 3.63) is 11.6 Å². The van der Waals surface area contributed by atoms with Crippen LogP contribution in [-0.2, 0) is 33.3 Å². The molecule has 0 spiro atoms. The summed E-state index contributed by atoms with van der Waals surface area (Å²) in [5.41, 5.74) is 0. The van der Waals surface area contributed by atoms with Gasteiger partial charge >= 0.3 is 0 Å². The second kappa shape index (κ2) is 7.56. The quantitative estimate of drug-likeness (QED) is 0.714. The average molecular weight is 427 g/mol. The van der Waals surface area contributed by atoms with Crippen molar-refractivity contribution in [1.29, 1.82) is 0 Å². The van der Waals surface area contributed by atoms with E-state index < -0.39 is 48.2 Å². The van der Waals surface area contributed by atoms with Crippen molar-refractivity contribution in [2.24, 2.45) is 0 Å². The van der Waals surface area contributed by atoms with Gasteiger partial charge in [-0.2, -0.15) is 0 Å². The van der Waals surface area contributed by atoms with Gasteiger partial charge in [-0.15, -0.1) is 11.3 Å². The van der Waals surface area contributed by atoms with Crippen molar-refractivity contribution >= 4 is 28.3 Å². The van der Waals surface area contributed by atoms with Gasteiger partial charge in [0.2, 0.25) is 5.91 Å². The third-order valence-electron chi connectivity index (χ3n) is 4.74. The summed E-state index contributed by atoms with van der Waals surface area (Å²) < 4.78 is 29.5. The maximum atomic E-state index is 12.8. The van der Waals surface area contributed by atoms with Gasteiger partial charge in [-0.25, -0.2) is 4.98 Å². The van der Waals surface area contributed by atoms with Crippen molar-refractivity contribution in [3.63, 3.8) is 0 Å². The largest absolute Gasteiger partial charge is 0.353 e. The molecule has 4 rings (SSSR count). The first-order valence-electron chi connectivity index (χ1n) is 9.47. The summed E-state index contributed by atoms with van der Waals surface area (Å²) in [7, 11) is 0. The Hall–Kier alpha value is -1.63. The van der Waals surface area contributed by atoms with Crippen molar-refractivity contribution in [2.45, 2.75) is 76.4 Å². The van der Waals surface area contributed by atoms with Crippen LogP contribution in [-0.4, -0.2) is 65.6 Å².